The van der Waals surface area contributed by atoms with Crippen LogP contribution in [0.2, 0.25) is 0 Å². The highest BCUT2D eigenvalue weighted by molar-refractivity contribution is 5.56. The molecule has 0 aromatic heterocycles. The molecular formula is C11H15NO. The van der Waals surface area contributed by atoms with Gasteiger partial charge in [0.25, 0.3) is 0 Å². The number of hydrogen-bond acceptors (Lipinski definition) is 2. The van der Waals surface area contributed by atoms with Crippen LogP contribution >= 0.6 is 0 Å². The van der Waals surface area contributed by atoms with E-state index in [1.165, 1.54) is 30.4 Å². The monoisotopic (exact) mass is 177 g/mol. The number of aliphatic hydroxyl groups is 1. The fraction of sp³-hybridized carbons (Fsp3) is 0.455. The smallest absolute Gasteiger partial charge is 0.0702 e. The molecule has 0 bridgehead atoms. The summed E-state index contributed by atoms with van der Waals surface area (Å²) >= 11 is 0. The summed E-state index contributed by atoms with van der Waals surface area (Å²) in [5, 5.41) is 12.3. The normalized spacial score (nSPS) is 14.3. The molecule has 0 unspecified atom stereocenters. The number of aliphatic hydroxyl groups excluding tert-OH is 1. The minimum absolute atomic E-state index is 0.128. The van der Waals surface area contributed by atoms with Gasteiger partial charge in [-0.05, 0) is 36.5 Å². The van der Waals surface area contributed by atoms with Gasteiger partial charge in [0.05, 0.1) is 6.61 Å². The minimum Gasteiger partial charge on any atom is -0.392 e. The Bertz CT molecular complexity index is 289. The van der Waals surface area contributed by atoms with Gasteiger partial charge < -0.3 is 10.4 Å². The predicted octanol–water partition coefficient (Wildman–Crippen LogP) is 1.71. The van der Waals surface area contributed by atoms with Gasteiger partial charge >= 0.3 is 0 Å². The van der Waals surface area contributed by atoms with Gasteiger partial charge in [0.15, 0.2) is 0 Å². The molecule has 0 amide bonds. The van der Waals surface area contributed by atoms with Gasteiger partial charge in [-0.1, -0.05) is 6.07 Å². The van der Waals surface area contributed by atoms with Crippen LogP contribution in [0.5, 0.6) is 0 Å². The quantitative estimate of drug-likeness (QED) is 0.720. The topological polar surface area (TPSA) is 32.3 Å². The molecule has 0 radical (unpaired) electrons. The lowest BCUT2D eigenvalue weighted by Gasteiger charge is -2.09. The maximum Gasteiger partial charge on any atom is 0.0702 e. The lowest BCUT2D eigenvalue weighted by molar-refractivity contribution is 0.282. The van der Waals surface area contributed by atoms with Crippen molar-refractivity contribution in [3.05, 3.63) is 28.8 Å². The van der Waals surface area contributed by atoms with E-state index < -0.39 is 0 Å². The standard InChI is InChI=1S/C11H15NO/c1-12-11-6-9-4-2-3-8(9)5-10(11)7-13/h5-6,12-13H,2-4,7H2,1H3. The molecule has 1 aromatic rings. The van der Waals surface area contributed by atoms with Crippen LogP contribution in [0.1, 0.15) is 23.1 Å². The zero-order valence-electron chi connectivity index (χ0n) is 7.93. The van der Waals surface area contributed by atoms with Crippen molar-refractivity contribution >= 4 is 5.69 Å². The van der Waals surface area contributed by atoms with Crippen LogP contribution in [0.25, 0.3) is 0 Å². The lowest BCUT2D eigenvalue weighted by Crippen LogP contribution is -1.97. The first kappa shape index (κ1) is 8.57. The molecule has 2 heteroatoms. The molecule has 0 heterocycles. The van der Waals surface area contributed by atoms with E-state index in [1.807, 2.05) is 7.05 Å². The Morgan fingerprint density at radius 1 is 1.31 bits per heavy atom. The van der Waals surface area contributed by atoms with Crippen LogP contribution in [0, 0.1) is 0 Å². The number of hydrogen-bond donors (Lipinski definition) is 2. The molecule has 0 atom stereocenters. The second-order valence-electron chi connectivity index (χ2n) is 3.54. The van der Waals surface area contributed by atoms with Gasteiger partial charge in [-0.2, -0.15) is 0 Å². The third-order valence-electron chi connectivity index (χ3n) is 2.76. The van der Waals surface area contributed by atoms with Gasteiger partial charge in [0, 0.05) is 18.3 Å². The van der Waals surface area contributed by atoms with E-state index in [0.717, 1.165) is 11.3 Å². The zero-order valence-corrected chi connectivity index (χ0v) is 7.93. The van der Waals surface area contributed by atoms with Crippen molar-refractivity contribution in [1.82, 2.24) is 0 Å². The van der Waals surface area contributed by atoms with Gasteiger partial charge in [0.2, 0.25) is 0 Å². The number of fused-ring (bicyclic) bond motifs is 1. The minimum atomic E-state index is 0.128. The number of anilines is 1. The van der Waals surface area contributed by atoms with Crippen LogP contribution in [0.3, 0.4) is 0 Å². The first-order valence-corrected chi connectivity index (χ1v) is 4.78. The lowest BCUT2D eigenvalue weighted by atomic mass is 10.0. The fourth-order valence-corrected chi connectivity index (χ4v) is 2.04. The summed E-state index contributed by atoms with van der Waals surface area (Å²) in [4.78, 5) is 0. The molecule has 70 valence electrons. The number of nitrogens with one attached hydrogen (secondary N) is 1. The Morgan fingerprint density at radius 3 is 2.62 bits per heavy atom. The Labute approximate surface area is 78.6 Å². The third kappa shape index (κ3) is 1.42. The van der Waals surface area contributed by atoms with Crippen molar-refractivity contribution in [3.8, 4) is 0 Å². The summed E-state index contributed by atoms with van der Waals surface area (Å²) in [6.45, 7) is 0.128. The van der Waals surface area contributed by atoms with E-state index in [1.54, 1.807) is 0 Å². The molecule has 13 heavy (non-hydrogen) atoms. The summed E-state index contributed by atoms with van der Waals surface area (Å²) in [6.07, 6.45) is 3.62. The molecule has 1 aliphatic carbocycles. The van der Waals surface area contributed by atoms with Crippen LogP contribution in [0.4, 0.5) is 5.69 Å². The largest absolute Gasteiger partial charge is 0.392 e. The molecule has 0 aliphatic heterocycles. The highest BCUT2D eigenvalue weighted by Gasteiger charge is 2.13. The highest BCUT2D eigenvalue weighted by atomic mass is 16.3. The summed E-state index contributed by atoms with van der Waals surface area (Å²) in [6, 6.07) is 4.31. The third-order valence-corrected chi connectivity index (χ3v) is 2.76. The van der Waals surface area contributed by atoms with Crippen LogP contribution in [-0.4, -0.2) is 12.2 Å². The van der Waals surface area contributed by atoms with Gasteiger partial charge in [-0.3, -0.25) is 0 Å². The Morgan fingerprint density at radius 2 is 2.00 bits per heavy atom. The van der Waals surface area contributed by atoms with Crippen LogP contribution in [-0.2, 0) is 19.4 Å². The maximum absolute atomic E-state index is 9.14. The van der Waals surface area contributed by atoms with Crippen molar-refractivity contribution in [3.63, 3.8) is 0 Å². The zero-order chi connectivity index (χ0) is 9.26. The van der Waals surface area contributed by atoms with Crippen molar-refractivity contribution in [2.45, 2.75) is 25.9 Å². The molecule has 0 saturated heterocycles. The first-order chi connectivity index (χ1) is 6.35. The van der Waals surface area contributed by atoms with Crippen molar-refractivity contribution in [1.29, 1.82) is 0 Å². The molecular weight excluding hydrogens is 162 g/mol. The van der Waals surface area contributed by atoms with Crippen molar-refractivity contribution in [2.75, 3.05) is 12.4 Å². The van der Waals surface area contributed by atoms with Crippen molar-refractivity contribution in [2.24, 2.45) is 0 Å². The summed E-state index contributed by atoms with van der Waals surface area (Å²) in [5.74, 6) is 0. The Kier molecular flexibility index (Phi) is 2.23. The fourth-order valence-electron chi connectivity index (χ4n) is 2.04. The van der Waals surface area contributed by atoms with Gasteiger partial charge in [0.1, 0.15) is 0 Å². The molecule has 1 aliphatic rings. The van der Waals surface area contributed by atoms with Gasteiger partial charge in [-0.25, -0.2) is 0 Å². The second-order valence-corrected chi connectivity index (χ2v) is 3.54. The van der Waals surface area contributed by atoms with E-state index >= 15 is 0 Å². The number of benzene rings is 1. The van der Waals surface area contributed by atoms with Crippen molar-refractivity contribution < 1.29 is 5.11 Å². The second kappa shape index (κ2) is 3.38. The summed E-state index contributed by atoms with van der Waals surface area (Å²) in [5.41, 5.74) is 4.95. The van der Waals surface area contributed by atoms with E-state index in [-0.39, 0.29) is 6.61 Å². The predicted molar refractivity (Wildman–Crippen MR) is 53.9 cm³/mol. The molecule has 0 saturated carbocycles. The van der Waals surface area contributed by atoms with Crippen LogP contribution < -0.4 is 5.32 Å². The first-order valence-electron chi connectivity index (χ1n) is 4.78. The van der Waals surface area contributed by atoms with Crippen LogP contribution in [0.15, 0.2) is 12.1 Å². The molecule has 0 spiro atoms. The maximum atomic E-state index is 9.14. The van der Waals surface area contributed by atoms with Gasteiger partial charge in [-0.15, -0.1) is 0 Å². The average molecular weight is 177 g/mol. The Hall–Kier alpha value is -1.02. The molecule has 2 nitrogen and oxygen atoms in total. The molecule has 2 N–H and O–H groups in total. The molecule has 1 aromatic carbocycles. The number of rotatable bonds is 2. The SMILES string of the molecule is CNc1cc2c(cc1CO)CCC2. The number of aryl methyl sites for hydroxylation is 2. The molecule has 2 rings (SSSR count). The van der Waals surface area contributed by atoms with E-state index in [2.05, 4.69) is 17.4 Å². The van der Waals surface area contributed by atoms with E-state index in [0.29, 0.717) is 0 Å². The summed E-state index contributed by atoms with van der Waals surface area (Å²) < 4.78 is 0. The molecule has 0 fully saturated rings. The van der Waals surface area contributed by atoms with E-state index in [4.69, 9.17) is 5.11 Å². The average Bonchev–Trinajstić information content (AvgIpc) is 2.62. The van der Waals surface area contributed by atoms with E-state index in [9.17, 15) is 0 Å². The summed E-state index contributed by atoms with van der Waals surface area (Å²) in [7, 11) is 1.90. The highest BCUT2D eigenvalue weighted by Crippen LogP contribution is 2.28. The Balaban J connectivity index is 2.47.